The van der Waals surface area contributed by atoms with Gasteiger partial charge in [-0.1, -0.05) is 6.07 Å². The Morgan fingerprint density at radius 2 is 1.92 bits per heavy atom. The lowest BCUT2D eigenvalue weighted by Gasteiger charge is -2.48. The third kappa shape index (κ3) is 2.92. The number of rotatable bonds is 5. The topological polar surface area (TPSA) is 32.8 Å². The summed E-state index contributed by atoms with van der Waals surface area (Å²) in [6.07, 6.45) is 8.75. The van der Waals surface area contributed by atoms with Gasteiger partial charge < -0.3 is 9.64 Å². The minimum Gasteiger partial charge on any atom is -0.376 e. The molecule has 26 heavy (non-hydrogen) atoms. The number of carbonyl (C=O) groups excluding carboxylic acids is 1. The van der Waals surface area contributed by atoms with E-state index in [0.29, 0.717) is 5.91 Å². The van der Waals surface area contributed by atoms with Gasteiger partial charge in [-0.25, -0.2) is 0 Å². The van der Waals surface area contributed by atoms with Gasteiger partial charge in [-0.05, 0) is 75.9 Å². The van der Waals surface area contributed by atoms with E-state index >= 15 is 0 Å². The second kappa shape index (κ2) is 6.61. The number of carbonyl (C=O) groups is 1. The average Bonchev–Trinajstić information content (AvgIpc) is 3.21. The Labute approximate surface area is 161 Å². The smallest absolute Gasteiger partial charge is 0.223 e. The second-order valence-electron chi connectivity index (χ2n) is 9.07. The number of thiophene rings is 1. The highest BCUT2D eigenvalue weighted by Gasteiger charge is 2.52. The van der Waals surface area contributed by atoms with Crippen LogP contribution in [0.3, 0.4) is 0 Å². The van der Waals surface area contributed by atoms with E-state index in [-0.39, 0.29) is 16.6 Å². The van der Waals surface area contributed by atoms with Crippen LogP contribution in [0.5, 0.6) is 0 Å². The molecule has 3 fully saturated rings. The zero-order valence-corrected chi connectivity index (χ0v) is 17.2. The molecule has 1 amide bonds. The molecule has 2 aliphatic carbocycles. The van der Waals surface area contributed by atoms with Crippen molar-refractivity contribution in [2.45, 2.75) is 62.5 Å². The van der Waals surface area contributed by atoms with Crippen LogP contribution < -0.4 is 0 Å². The molecular formula is C21H32N2O2S. The first kappa shape index (κ1) is 18.5. The third-order valence-electron chi connectivity index (χ3n) is 7.56. The van der Waals surface area contributed by atoms with Gasteiger partial charge in [-0.2, -0.15) is 0 Å². The summed E-state index contributed by atoms with van der Waals surface area (Å²) in [6, 6.07) is 4.45. The minimum absolute atomic E-state index is 0.0553. The van der Waals surface area contributed by atoms with Gasteiger partial charge in [0.15, 0.2) is 0 Å². The molecule has 4 nitrogen and oxygen atoms in total. The van der Waals surface area contributed by atoms with E-state index in [9.17, 15) is 4.79 Å². The van der Waals surface area contributed by atoms with Gasteiger partial charge in [-0.3, -0.25) is 9.69 Å². The summed E-state index contributed by atoms with van der Waals surface area (Å²) in [6.45, 7) is 1.73. The van der Waals surface area contributed by atoms with Crippen LogP contribution in [0.25, 0.3) is 0 Å². The Kier molecular flexibility index (Phi) is 4.69. The quantitative estimate of drug-likeness (QED) is 0.782. The van der Waals surface area contributed by atoms with Gasteiger partial charge in [0.2, 0.25) is 5.91 Å². The number of ether oxygens (including phenoxy) is 1. The molecule has 1 aromatic heterocycles. The molecule has 3 aliphatic rings. The molecule has 4 rings (SSSR count). The first-order chi connectivity index (χ1) is 12.4. The van der Waals surface area contributed by atoms with Crippen LogP contribution >= 0.6 is 11.3 Å². The van der Waals surface area contributed by atoms with E-state index < -0.39 is 0 Å². The molecule has 1 spiro atoms. The molecule has 2 heterocycles. The average molecular weight is 377 g/mol. The van der Waals surface area contributed by atoms with Gasteiger partial charge in [0.05, 0.1) is 11.1 Å². The lowest BCUT2D eigenvalue weighted by molar-refractivity contribution is -0.136. The maximum absolute atomic E-state index is 12.8. The van der Waals surface area contributed by atoms with Crippen LogP contribution in [-0.4, -0.2) is 55.6 Å². The minimum atomic E-state index is -0.0553. The SMILES string of the molecule is COC1(CN2CC3(CCC(c4cccs4)(N(C)C)CC3)CC2=O)CCC1. The Morgan fingerprint density at radius 3 is 2.42 bits per heavy atom. The summed E-state index contributed by atoms with van der Waals surface area (Å²) in [5, 5.41) is 2.19. The number of nitrogens with zero attached hydrogens (tertiary/aromatic N) is 2. The molecule has 2 saturated carbocycles. The molecule has 0 radical (unpaired) electrons. The van der Waals surface area contributed by atoms with Gasteiger partial charge in [-0.15, -0.1) is 11.3 Å². The maximum atomic E-state index is 12.8. The number of hydrogen-bond acceptors (Lipinski definition) is 4. The molecule has 144 valence electrons. The van der Waals surface area contributed by atoms with Crippen molar-refractivity contribution in [3.63, 3.8) is 0 Å². The molecule has 0 N–H and O–H groups in total. The van der Waals surface area contributed by atoms with Crippen molar-refractivity contribution >= 4 is 17.2 Å². The van der Waals surface area contributed by atoms with Crippen molar-refractivity contribution in [3.05, 3.63) is 22.4 Å². The van der Waals surface area contributed by atoms with Crippen molar-refractivity contribution in [2.24, 2.45) is 5.41 Å². The van der Waals surface area contributed by atoms with Crippen LogP contribution in [0.15, 0.2) is 17.5 Å². The molecular weight excluding hydrogens is 344 g/mol. The lowest BCUT2D eigenvalue weighted by atomic mass is 9.66. The van der Waals surface area contributed by atoms with E-state index in [0.717, 1.165) is 58.0 Å². The van der Waals surface area contributed by atoms with Crippen molar-refractivity contribution in [2.75, 3.05) is 34.3 Å². The molecule has 0 aromatic carbocycles. The van der Waals surface area contributed by atoms with E-state index in [2.05, 4.69) is 41.4 Å². The molecule has 5 heteroatoms. The van der Waals surface area contributed by atoms with E-state index in [4.69, 9.17) is 4.74 Å². The highest BCUT2D eigenvalue weighted by Crippen LogP contribution is 2.53. The summed E-state index contributed by atoms with van der Waals surface area (Å²) in [5.74, 6) is 0.349. The Bertz CT molecular complexity index is 637. The first-order valence-electron chi connectivity index (χ1n) is 9.97. The van der Waals surface area contributed by atoms with Crippen LogP contribution in [0.1, 0.15) is 56.2 Å². The predicted octanol–water partition coefficient (Wildman–Crippen LogP) is 3.87. The van der Waals surface area contributed by atoms with E-state index in [1.165, 1.54) is 11.3 Å². The highest BCUT2D eigenvalue weighted by molar-refractivity contribution is 7.10. The van der Waals surface area contributed by atoms with Gasteiger partial charge in [0.25, 0.3) is 0 Å². The molecule has 1 aliphatic heterocycles. The van der Waals surface area contributed by atoms with Crippen molar-refractivity contribution in [1.29, 1.82) is 0 Å². The number of amides is 1. The molecule has 1 saturated heterocycles. The van der Waals surface area contributed by atoms with Crippen LogP contribution in [0, 0.1) is 5.41 Å². The number of methoxy groups -OCH3 is 1. The Balaban J connectivity index is 1.46. The maximum Gasteiger partial charge on any atom is 0.223 e. The fourth-order valence-corrected chi connectivity index (χ4v) is 6.52. The summed E-state index contributed by atoms with van der Waals surface area (Å²) >= 11 is 1.87. The second-order valence-corrected chi connectivity index (χ2v) is 10.0. The fraction of sp³-hybridized carbons (Fsp3) is 0.762. The summed E-state index contributed by atoms with van der Waals surface area (Å²) in [5.41, 5.74) is 0.282. The van der Waals surface area contributed by atoms with E-state index in [1.807, 2.05) is 18.4 Å². The molecule has 1 aromatic rings. The summed E-state index contributed by atoms with van der Waals surface area (Å²) < 4.78 is 5.77. The standard InChI is InChI=1S/C21H32N2O2S/c1-22(2)21(17-6-4-13-26-17)11-9-19(10-12-21)14-18(24)23(15-19)16-20(25-3)7-5-8-20/h4,6,13H,5,7-12,14-16H2,1-3H3. The Hall–Kier alpha value is -0.910. The van der Waals surface area contributed by atoms with Crippen LogP contribution in [-0.2, 0) is 15.1 Å². The zero-order valence-electron chi connectivity index (χ0n) is 16.4. The van der Waals surface area contributed by atoms with Crippen LogP contribution in [0.2, 0.25) is 0 Å². The molecule has 0 bridgehead atoms. The van der Waals surface area contributed by atoms with Crippen LogP contribution in [0.4, 0.5) is 0 Å². The Morgan fingerprint density at radius 1 is 1.19 bits per heavy atom. The monoisotopic (exact) mass is 376 g/mol. The zero-order chi connectivity index (χ0) is 18.4. The highest BCUT2D eigenvalue weighted by atomic mass is 32.1. The van der Waals surface area contributed by atoms with Gasteiger partial charge in [0.1, 0.15) is 0 Å². The van der Waals surface area contributed by atoms with Gasteiger partial charge in [0, 0.05) is 31.5 Å². The first-order valence-corrected chi connectivity index (χ1v) is 10.9. The van der Waals surface area contributed by atoms with E-state index in [1.54, 1.807) is 0 Å². The van der Waals surface area contributed by atoms with Crippen molar-refractivity contribution in [1.82, 2.24) is 9.80 Å². The van der Waals surface area contributed by atoms with Crippen molar-refractivity contribution < 1.29 is 9.53 Å². The third-order valence-corrected chi connectivity index (χ3v) is 8.62. The number of hydrogen-bond donors (Lipinski definition) is 0. The van der Waals surface area contributed by atoms with Gasteiger partial charge >= 0.3 is 0 Å². The largest absolute Gasteiger partial charge is 0.376 e. The summed E-state index contributed by atoms with van der Waals surface area (Å²) in [4.78, 5) is 18.8. The molecule has 0 atom stereocenters. The summed E-state index contributed by atoms with van der Waals surface area (Å²) in [7, 11) is 6.23. The predicted molar refractivity (Wildman–Crippen MR) is 105 cm³/mol. The fourth-order valence-electron chi connectivity index (χ4n) is 5.46. The normalized spacial score (nSPS) is 33.8. The number of likely N-dealkylation sites (tertiary alicyclic amines) is 1. The van der Waals surface area contributed by atoms with Crippen molar-refractivity contribution in [3.8, 4) is 0 Å². The molecule has 0 unspecified atom stereocenters. The lowest BCUT2D eigenvalue weighted by Crippen LogP contribution is -2.51.